The molecular weight excluding hydrogens is 284 g/mol. The quantitative estimate of drug-likeness (QED) is 0.817. The van der Waals surface area contributed by atoms with Crippen LogP contribution < -0.4 is 5.32 Å². The van der Waals surface area contributed by atoms with Crippen molar-refractivity contribution >= 4 is 24.4 Å². The van der Waals surface area contributed by atoms with Crippen molar-refractivity contribution in [3.63, 3.8) is 0 Å². The summed E-state index contributed by atoms with van der Waals surface area (Å²) in [4.78, 5) is 25.6. The van der Waals surface area contributed by atoms with Gasteiger partial charge in [-0.1, -0.05) is 18.2 Å². The zero-order chi connectivity index (χ0) is 15.1. The standard InChI is InChI=1S/C16H22N2O2S/c19-15(8-11-21)17-12-13-6-9-18(10-7-13)16(20)14-4-2-1-3-5-14/h1-5,13,21H,6-12H2,(H,17,19). The van der Waals surface area contributed by atoms with Gasteiger partial charge >= 0.3 is 0 Å². The Kier molecular flexibility index (Phi) is 6.11. The minimum atomic E-state index is 0.0628. The van der Waals surface area contributed by atoms with Crippen molar-refractivity contribution in [2.75, 3.05) is 25.4 Å². The Balaban J connectivity index is 1.76. The van der Waals surface area contributed by atoms with Crippen LogP contribution in [0.5, 0.6) is 0 Å². The summed E-state index contributed by atoms with van der Waals surface area (Å²) in [5.74, 6) is 1.21. The molecule has 2 rings (SSSR count). The number of nitrogens with one attached hydrogen (secondary N) is 1. The molecule has 0 saturated carbocycles. The second-order valence-corrected chi connectivity index (χ2v) is 5.83. The van der Waals surface area contributed by atoms with Crippen LogP contribution in [0.4, 0.5) is 0 Å². The highest BCUT2D eigenvalue weighted by atomic mass is 32.1. The fraction of sp³-hybridized carbons (Fsp3) is 0.500. The molecule has 0 radical (unpaired) electrons. The summed E-state index contributed by atoms with van der Waals surface area (Å²) in [6.07, 6.45) is 2.36. The number of nitrogens with zero attached hydrogens (tertiary/aromatic N) is 1. The van der Waals surface area contributed by atoms with E-state index < -0.39 is 0 Å². The minimum absolute atomic E-state index is 0.0628. The maximum atomic E-state index is 12.3. The van der Waals surface area contributed by atoms with Crippen LogP contribution in [0.3, 0.4) is 0 Å². The van der Waals surface area contributed by atoms with Gasteiger partial charge in [-0.25, -0.2) is 0 Å². The normalized spacial score (nSPS) is 15.8. The SMILES string of the molecule is O=C(CCS)NCC1CCN(C(=O)c2ccccc2)CC1. The molecule has 0 aromatic heterocycles. The first-order valence-electron chi connectivity index (χ1n) is 7.42. The Morgan fingerprint density at radius 3 is 2.48 bits per heavy atom. The maximum absolute atomic E-state index is 12.3. The van der Waals surface area contributed by atoms with E-state index in [-0.39, 0.29) is 11.8 Å². The molecule has 1 saturated heterocycles. The second kappa shape index (κ2) is 8.08. The molecule has 1 aliphatic rings. The molecule has 2 amide bonds. The molecule has 1 heterocycles. The first kappa shape index (κ1) is 15.9. The average molecular weight is 306 g/mol. The summed E-state index contributed by atoms with van der Waals surface area (Å²) in [6.45, 7) is 2.24. The Bertz CT molecular complexity index is 470. The van der Waals surface area contributed by atoms with Crippen LogP contribution in [0.15, 0.2) is 30.3 Å². The maximum Gasteiger partial charge on any atom is 0.253 e. The zero-order valence-corrected chi connectivity index (χ0v) is 13.0. The Hall–Kier alpha value is -1.49. The molecule has 1 aromatic rings. The zero-order valence-electron chi connectivity index (χ0n) is 12.1. The van der Waals surface area contributed by atoms with Gasteiger partial charge in [0.1, 0.15) is 0 Å². The van der Waals surface area contributed by atoms with Crippen molar-refractivity contribution in [1.82, 2.24) is 10.2 Å². The number of amides is 2. The molecule has 5 heteroatoms. The number of carbonyl (C=O) groups is 2. The lowest BCUT2D eigenvalue weighted by Gasteiger charge is -2.32. The first-order chi connectivity index (χ1) is 10.2. The van der Waals surface area contributed by atoms with Gasteiger partial charge in [0, 0.05) is 31.6 Å². The van der Waals surface area contributed by atoms with Gasteiger partial charge in [-0.15, -0.1) is 0 Å². The number of thiol groups is 1. The highest BCUT2D eigenvalue weighted by Crippen LogP contribution is 2.18. The highest BCUT2D eigenvalue weighted by Gasteiger charge is 2.23. The first-order valence-corrected chi connectivity index (χ1v) is 8.06. The summed E-state index contributed by atoms with van der Waals surface area (Å²) in [5, 5.41) is 2.94. The van der Waals surface area contributed by atoms with Crippen LogP contribution in [0.25, 0.3) is 0 Å². The number of carbonyl (C=O) groups excluding carboxylic acids is 2. The molecule has 0 spiro atoms. The Labute approximate surface area is 131 Å². The van der Waals surface area contributed by atoms with Crippen LogP contribution in [-0.2, 0) is 4.79 Å². The predicted octanol–water partition coefficient (Wildman–Crippen LogP) is 1.97. The Morgan fingerprint density at radius 2 is 1.86 bits per heavy atom. The molecule has 114 valence electrons. The van der Waals surface area contributed by atoms with Gasteiger partial charge in [-0.3, -0.25) is 9.59 Å². The van der Waals surface area contributed by atoms with E-state index in [2.05, 4.69) is 17.9 Å². The van der Waals surface area contributed by atoms with Gasteiger partial charge in [0.2, 0.25) is 5.91 Å². The summed E-state index contributed by atoms with van der Waals surface area (Å²) in [5.41, 5.74) is 0.748. The lowest BCUT2D eigenvalue weighted by molar-refractivity contribution is -0.120. The van der Waals surface area contributed by atoms with Gasteiger partial charge < -0.3 is 10.2 Å². The summed E-state index contributed by atoms with van der Waals surface area (Å²) >= 11 is 4.04. The van der Waals surface area contributed by atoms with Crippen molar-refractivity contribution in [3.05, 3.63) is 35.9 Å². The minimum Gasteiger partial charge on any atom is -0.356 e. The van der Waals surface area contributed by atoms with E-state index >= 15 is 0 Å². The van der Waals surface area contributed by atoms with Crippen LogP contribution in [0.2, 0.25) is 0 Å². The number of likely N-dealkylation sites (tertiary alicyclic amines) is 1. The number of piperidine rings is 1. The molecule has 4 nitrogen and oxygen atoms in total. The molecule has 1 aromatic carbocycles. The molecule has 0 atom stereocenters. The predicted molar refractivity (Wildman–Crippen MR) is 86.5 cm³/mol. The lowest BCUT2D eigenvalue weighted by Crippen LogP contribution is -2.41. The van der Waals surface area contributed by atoms with Crippen molar-refractivity contribution < 1.29 is 9.59 Å². The van der Waals surface area contributed by atoms with Crippen molar-refractivity contribution in [1.29, 1.82) is 0 Å². The molecule has 1 fully saturated rings. The van der Waals surface area contributed by atoms with Gasteiger partial charge in [-0.2, -0.15) is 12.6 Å². The van der Waals surface area contributed by atoms with Gasteiger partial charge in [0.25, 0.3) is 5.91 Å². The van der Waals surface area contributed by atoms with E-state index in [9.17, 15) is 9.59 Å². The smallest absolute Gasteiger partial charge is 0.253 e. The van der Waals surface area contributed by atoms with E-state index in [1.807, 2.05) is 35.2 Å². The monoisotopic (exact) mass is 306 g/mol. The van der Waals surface area contributed by atoms with Crippen LogP contribution in [0.1, 0.15) is 29.6 Å². The molecule has 1 aliphatic heterocycles. The van der Waals surface area contributed by atoms with E-state index in [1.54, 1.807) is 0 Å². The van der Waals surface area contributed by atoms with Crippen LogP contribution >= 0.6 is 12.6 Å². The number of hydrogen-bond donors (Lipinski definition) is 2. The summed E-state index contributed by atoms with van der Waals surface area (Å²) in [7, 11) is 0. The van der Waals surface area contributed by atoms with E-state index in [0.717, 1.165) is 31.5 Å². The number of hydrogen-bond acceptors (Lipinski definition) is 3. The van der Waals surface area contributed by atoms with Gasteiger partial charge in [0.15, 0.2) is 0 Å². The third-order valence-electron chi connectivity index (χ3n) is 3.85. The van der Waals surface area contributed by atoms with Crippen molar-refractivity contribution in [3.8, 4) is 0 Å². The lowest BCUT2D eigenvalue weighted by atomic mass is 9.96. The van der Waals surface area contributed by atoms with Crippen molar-refractivity contribution in [2.24, 2.45) is 5.92 Å². The fourth-order valence-corrected chi connectivity index (χ4v) is 2.75. The summed E-state index contributed by atoms with van der Waals surface area (Å²) < 4.78 is 0. The molecule has 0 bridgehead atoms. The third kappa shape index (κ3) is 4.77. The highest BCUT2D eigenvalue weighted by molar-refractivity contribution is 7.80. The molecule has 1 N–H and O–H groups in total. The molecular formula is C16H22N2O2S. The van der Waals surface area contributed by atoms with E-state index in [0.29, 0.717) is 24.6 Å². The number of benzene rings is 1. The molecule has 21 heavy (non-hydrogen) atoms. The van der Waals surface area contributed by atoms with Crippen LogP contribution in [0, 0.1) is 5.92 Å². The summed E-state index contributed by atoms with van der Waals surface area (Å²) in [6, 6.07) is 9.39. The van der Waals surface area contributed by atoms with E-state index in [1.165, 1.54) is 0 Å². The van der Waals surface area contributed by atoms with Gasteiger partial charge in [-0.05, 0) is 36.6 Å². The third-order valence-corrected chi connectivity index (χ3v) is 4.07. The second-order valence-electron chi connectivity index (χ2n) is 5.38. The molecule has 0 unspecified atom stereocenters. The van der Waals surface area contributed by atoms with Crippen molar-refractivity contribution in [2.45, 2.75) is 19.3 Å². The molecule has 0 aliphatic carbocycles. The average Bonchev–Trinajstić information content (AvgIpc) is 2.54. The van der Waals surface area contributed by atoms with Gasteiger partial charge in [0.05, 0.1) is 0 Å². The number of rotatable bonds is 5. The Morgan fingerprint density at radius 1 is 1.19 bits per heavy atom. The topological polar surface area (TPSA) is 49.4 Å². The van der Waals surface area contributed by atoms with Crippen LogP contribution in [-0.4, -0.2) is 42.1 Å². The fourth-order valence-electron chi connectivity index (χ4n) is 2.55. The van der Waals surface area contributed by atoms with E-state index in [4.69, 9.17) is 0 Å². The largest absolute Gasteiger partial charge is 0.356 e.